The fourth-order valence-electron chi connectivity index (χ4n) is 1.82. The summed E-state index contributed by atoms with van der Waals surface area (Å²) in [6.45, 7) is 0. The molecule has 0 bridgehead atoms. The molecule has 6 nitrogen and oxygen atoms in total. The SMILES string of the molecule is COc1cc(/C=N\NC(=O)c2ccc(F)cc2)cc(OC)c1O. The van der Waals surface area contributed by atoms with Crippen molar-refractivity contribution in [2.45, 2.75) is 0 Å². The Labute approximate surface area is 132 Å². The number of nitrogens with one attached hydrogen (secondary N) is 1. The van der Waals surface area contributed by atoms with Crippen molar-refractivity contribution >= 4 is 12.1 Å². The third kappa shape index (κ3) is 3.97. The maximum Gasteiger partial charge on any atom is 0.271 e. The molecular formula is C16H15FN2O4. The molecule has 0 saturated carbocycles. The van der Waals surface area contributed by atoms with Crippen molar-refractivity contribution in [3.05, 3.63) is 53.3 Å². The van der Waals surface area contributed by atoms with E-state index < -0.39 is 11.7 Å². The molecule has 0 aliphatic carbocycles. The predicted octanol–water partition coefficient (Wildman–Crippen LogP) is 2.31. The molecule has 0 heterocycles. The second kappa shape index (κ2) is 7.26. The van der Waals surface area contributed by atoms with Gasteiger partial charge in [-0.25, -0.2) is 9.82 Å². The van der Waals surface area contributed by atoms with Gasteiger partial charge >= 0.3 is 0 Å². The van der Waals surface area contributed by atoms with Crippen LogP contribution < -0.4 is 14.9 Å². The van der Waals surface area contributed by atoms with Gasteiger partial charge in [0, 0.05) is 11.1 Å². The smallest absolute Gasteiger partial charge is 0.271 e. The number of carbonyl (C=O) groups excluding carboxylic acids is 1. The molecular weight excluding hydrogens is 303 g/mol. The summed E-state index contributed by atoms with van der Waals surface area (Å²) < 4.78 is 22.8. The van der Waals surface area contributed by atoms with E-state index in [0.29, 0.717) is 5.56 Å². The summed E-state index contributed by atoms with van der Waals surface area (Å²) in [5.41, 5.74) is 3.15. The lowest BCUT2D eigenvalue weighted by atomic mass is 10.2. The minimum atomic E-state index is -0.473. The van der Waals surface area contributed by atoms with Crippen LogP contribution in [0.3, 0.4) is 0 Å². The molecule has 0 unspecified atom stereocenters. The Morgan fingerprint density at radius 3 is 2.26 bits per heavy atom. The van der Waals surface area contributed by atoms with Gasteiger partial charge in [0.25, 0.3) is 5.91 Å². The molecule has 2 aromatic rings. The summed E-state index contributed by atoms with van der Waals surface area (Å²) in [6, 6.07) is 8.15. The minimum Gasteiger partial charge on any atom is -0.502 e. The molecule has 0 radical (unpaired) electrons. The second-order valence-corrected chi connectivity index (χ2v) is 4.48. The highest BCUT2D eigenvalue weighted by Gasteiger charge is 2.10. The lowest BCUT2D eigenvalue weighted by molar-refractivity contribution is 0.0955. The number of benzene rings is 2. The zero-order valence-electron chi connectivity index (χ0n) is 12.5. The van der Waals surface area contributed by atoms with Gasteiger partial charge in [-0.05, 0) is 36.4 Å². The third-order valence-corrected chi connectivity index (χ3v) is 2.99. The number of carbonyl (C=O) groups is 1. The Balaban J connectivity index is 2.11. The van der Waals surface area contributed by atoms with Gasteiger partial charge in [0.15, 0.2) is 11.5 Å². The summed E-state index contributed by atoms with van der Waals surface area (Å²) in [5, 5.41) is 13.6. The highest BCUT2D eigenvalue weighted by molar-refractivity contribution is 5.94. The maximum atomic E-state index is 12.8. The predicted molar refractivity (Wildman–Crippen MR) is 82.7 cm³/mol. The Morgan fingerprint density at radius 2 is 1.74 bits per heavy atom. The number of hydrazone groups is 1. The van der Waals surface area contributed by atoms with Gasteiger partial charge in [-0.2, -0.15) is 5.10 Å². The molecule has 0 fully saturated rings. The summed E-state index contributed by atoms with van der Waals surface area (Å²) in [4.78, 5) is 11.8. The molecule has 2 rings (SSSR count). The molecule has 0 saturated heterocycles. The molecule has 1 amide bonds. The largest absolute Gasteiger partial charge is 0.502 e. The van der Waals surface area contributed by atoms with Gasteiger partial charge in [-0.3, -0.25) is 4.79 Å². The molecule has 2 aromatic carbocycles. The van der Waals surface area contributed by atoms with E-state index in [4.69, 9.17) is 9.47 Å². The van der Waals surface area contributed by atoms with E-state index in [-0.39, 0.29) is 22.8 Å². The quantitative estimate of drug-likeness (QED) is 0.655. The molecule has 0 atom stereocenters. The van der Waals surface area contributed by atoms with Crippen molar-refractivity contribution in [2.24, 2.45) is 5.10 Å². The van der Waals surface area contributed by atoms with Crippen LogP contribution >= 0.6 is 0 Å². The van der Waals surface area contributed by atoms with Gasteiger partial charge in [-0.15, -0.1) is 0 Å². The highest BCUT2D eigenvalue weighted by Crippen LogP contribution is 2.36. The first kappa shape index (κ1) is 16.3. The van der Waals surface area contributed by atoms with Gasteiger partial charge in [-0.1, -0.05) is 0 Å². The Morgan fingerprint density at radius 1 is 1.17 bits per heavy atom. The van der Waals surface area contributed by atoms with Crippen molar-refractivity contribution in [2.75, 3.05) is 14.2 Å². The van der Waals surface area contributed by atoms with Gasteiger partial charge in [0.1, 0.15) is 5.82 Å². The van der Waals surface area contributed by atoms with E-state index in [1.165, 1.54) is 56.8 Å². The molecule has 0 aromatic heterocycles. The monoisotopic (exact) mass is 318 g/mol. The number of halogens is 1. The number of rotatable bonds is 5. The molecule has 23 heavy (non-hydrogen) atoms. The van der Waals surface area contributed by atoms with Crippen molar-refractivity contribution in [1.82, 2.24) is 5.43 Å². The molecule has 0 aliphatic rings. The zero-order valence-corrected chi connectivity index (χ0v) is 12.5. The van der Waals surface area contributed by atoms with Crippen molar-refractivity contribution in [3.8, 4) is 17.2 Å². The van der Waals surface area contributed by atoms with Crippen LogP contribution in [0.5, 0.6) is 17.2 Å². The van der Waals surface area contributed by atoms with Gasteiger partial charge in [0.2, 0.25) is 5.75 Å². The van der Waals surface area contributed by atoms with Crippen LogP contribution in [0.25, 0.3) is 0 Å². The van der Waals surface area contributed by atoms with E-state index in [1.54, 1.807) is 0 Å². The van der Waals surface area contributed by atoms with Crippen molar-refractivity contribution in [3.63, 3.8) is 0 Å². The summed E-state index contributed by atoms with van der Waals surface area (Å²) in [5.74, 6) is -0.582. The number of methoxy groups -OCH3 is 2. The number of aromatic hydroxyl groups is 1. The van der Waals surface area contributed by atoms with E-state index in [0.717, 1.165) is 0 Å². The topological polar surface area (TPSA) is 80.2 Å². The lowest BCUT2D eigenvalue weighted by Crippen LogP contribution is -2.17. The maximum absolute atomic E-state index is 12.8. The normalized spacial score (nSPS) is 10.6. The van der Waals surface area contributed by atoms with Crippen LogP contribution in [0.15, 0.2) is 41.5 Å². The first-order valence-electron chi connectivity index (χ1n) is 6.59. The molecule has 0 spiro atoms. The highest BCUT2D eigenvalue weighted by atomic mass is 19.1. The van der Waals surface area contributed by atoms with Crippen LogP contribution in [0.4, 0.5) is 4.39 Å². The minimum absolute atomic E-state index is 0.123. The number of nitrogens with zero attached hydrogens (tertiary/aromatic N) is 1. The van der Waals surface area contributed by atoms with Crippen molar-refractivity contribution < 1.29 is 23.8 Å². The number of ether oxygens (including phenoxy) is 2. The lowest BCUT2D eigenvalue weighted by Gasteiger charge is -2.09. The zero-order chi connectivity index (χ0) is 16.8. The second-order valence-electron chi connectivity index (χ2n) is 4.48. The summed E-state index contributed by atoms with van der Waals surface area (Å²) in [6.07, 6.45) is 1.37. The van der Waals surface area contributed by atoms with Crippen LogP contribution in [-0.2, 0) is 0 Å². The summed E-state index contributed by atoms with van der Waals surface area (Å²) >= 11 is 0. The van der Waals surface area contributed by atoms with Crippen molar-refractivity contribution in [1.29, 1.82) is 0 Å². The first-order valence-corrected chi connectivity index (χ1v) is 6.59. The summed E-state index contributed by atoms with van der Waals surface area (Å²) in [7, 11) is 2.82. The first-order chi connectivity index (χ1) is 11.0. The van der Waals surface area contributed by atoms with Crippen LogP contribution in [0.2, 0.25) is 0 Å². The average molecular weight is 318 g/mol. The number of hydrogen-bond donors (Lipinski definition) is 2. The van der Waals surface area contributed by atoms with Crippen LogP contribution in [0.1, 0.15) is 15.9 Å². The molecule has 120 valence electrons. The molecule has 0 aliphatic heterocycles. The van der Waals surface area contributed by atoms with Crippen LogP contribution in [-0.4, -0.2) is 31.4 Å². The van der Waals surface area contributed by atoms with E-state index in [9.17, 15) is 14.3 Å². The molecule has 7 heteroatoms. The third-order valence-electron chi connectivity index (χ3n) is 2.99. The number of hydrogen-bond acceptors (Lipinski definition) is 5. The number of phenols is 1. The molecule has 2 N–H and O–H groups in total. The Bertz CT molecular complexity index is 704. The van der Waals surface area contributed by atoms with Crippen LogP contribution in [0, 0.1) is 5.82 Å². The van der Waals surface area contributed by atoms with Gasteiger partial charge < -0.3 is 14.6 Å². The fourth-order valence-corrected chi connectivity index (χ4v) is 1.82. The van der Waals surface area contributed by atoms with Gasteiger partial charge in [0.05, 0.1) is 20.4 Å². The Hall–Kier alpha value is -3.09. The standard InChI is InChI=1S/C16H15FN2O4/c1-22-13-7-10(8-14(23-2)15(13)20)9-18-19-16(21)11-3-5-12(17)6-4-11/h3-9,20H,1-2H3,(H,19,21)/b18-9-. The average Bonchev–Trinajstić information content (AvgIpc) is 2.56. The Kier molecular flexibility index (Phi) is 5.14. The van der Waals surface area contributed by atoms with E-state index >= 15 is 0 Å². The number of amides is 1. The van der Waals surface area contributed by atoms with E-state index in [2.05, 4.69) is 10.5 Å². The number of phenolic OH excluding ortho intramolecular Hbond substituents is 1. The van der Waals surface area contributed by atoms with E-state index in [1.807, 2.05) is 0 Å². The fraction of sp³-hybridized carbons (Fsp3) is 0.125.